The van der Waals surface area contributed by atoms with Crippen molar-refractivity contribution in [1.29, 1.82) is 0 Å². The fraction of sp³-hybridized carbons (Fsp3) is 0.308. The number of methoxy groups -OCH3 is 2. The smallest absolute Gasteiger partial charge is 0.351 e. The van der Waals surface area contributed by atoms with E-state index < -0.39 is 95.6 Å². The molecule has 2 aliphatic heterocycles. The maximum absolute atomic E-state index is 14.4. The molecular weight excluding hydrogens is 1120 g/mol. The minimum atomic E-state index is -1.96. The molecule has 10 rings (SSSR count). The maximum Gasteiger partial charge on any atom is 0.351 e. The van der Waals surface area contributed by atoms with Crippen molar-refractivity contribution in [3.8, 4) is 11.5 Å². The van der Waals surface area contributed by atoms with Crippen LogP contribution in [0.2, 0.25) is 0 Å². The number of hydrogen-bond acceptors (Lipinski definition) is 17. The third-order valence-electron chi connectivity index (χ3n) is 15.6. The third-order valence-corrected chi connectivity index (χ3v) is 15.6. The van der Waals surface area contributed by atoms with Gasteiger partial charge >= 0.3 is 17.3 Å². The number of carbonyl (C=O) groups is 1. The summed E-state index contributed by atoms with van der Waals surface area (Å²) >= 11 is 0. The van der Waals surface area contributed by atoms with Crippen molar-refractivity contribution in [2.45, 2.75) is 82.4 Å². The molecule has 0 saturated carbocycles. The third kappa shape index (κ3) is 12.6. The van der Waals surface area contributed by atoms with Gasteiger partial charge in [-0.05, 0) is 80.8 Å². The zero-order valence-electron chi connectivity index (χ0n) is 48.5. The van der Waals surface area contributed by atoms with Crippen LogP contribution in [0.5, 0.6) is 11.5 Å². The van der Waals surface area contributed by atoms with E-state index in [2.05, 4.69) is 35.3 Å². The minimum Gasteiger partial charge on any atom is -0.497 e. The number of rotatable bonds is 20. The quantitative estimate of drug-likeness (QED) is 0.0181. The summed E-state index contributed by atoms with van der Waals surface area (Å²) in [5.74, 6) is -0.591. The number of ether oxygens (including phenoxy) is 6. The van der Waals surface area contributed by atoms with Gasteiger partial charge in [0, 0.05) is 34.1 Å². The van der Waals surface area contributed by atoms with Crippen molar-refractivity contribution >= 4 is 17.6 Å². The van der Waals surface area contributed by atoms with E-state index in [1.165, 1.54) is 16.8 Å². The van der Waals surface area contributed by atoms with E-state index in [0.29, 0.717) is 17.3 Å². The predicted octanol–water partition coefficient (Wildman–Crippen LogP) is 10.4. The van der Waals surface area contributed by atoms with Crippen LogP contribution in [0.3, 0.4) is 0 Å². The molecule has 2 fully saturated rings. The maximum atomic E-state index is 14.4. The first-order valence-electron chi connectivity index (χ1n) is 27.9. The Morgan fingerprint density at radius 1 is 0.659 bits per heavy atom. The number of nitrogens with two attached hydrogens (primary N) is 1. The lowest BCUT2D eigenvalue weighted by molar-refractivity contribution is -0.168. The van der Waals surface area contributed by atoms with E-state index in [4.69, 9.17) is 39.7 Å². The monoisotopic (exact) mass is 1190 g/mol. The van der Waals surface area contributed by atoms with Gasteiger partial charge in [0.2, 0.25) is 5.72 Å². The lowest BCUT2D eigenvalue weighted by Gasteiger charge is -2.42. The summed E-state index contributed by atoms with van der Waals surface area (Å²) in [5.41, 5.74) is 21.9. The van der Waals surface area contributed by atoms with Gasteiger partial charge in [-0.25, -0.2) is 9.59 Å². The van der Waals surface area contributed by atoms with Gasteiger partial charge in [0.05, 0.1) is 32.8 Å². The van der Waals surface area contributed by atoms with Crippen molar-refractivity contribution in [3.05, 3.63) is 270 Å². The van der Waals surface area contributed by atoms with Gasteiger partial charge in [0.25, 0.3) is 0 Å². The lowest BCUT2D eigenvalue weighted by atomic mass is 9.77. The van der Waals surface area contributed by atoms with Crippen LogP contribution >= 0.6 is 0 Å². The Balaban J connectivity index is 0.000000324. The first kappa shape index (κ1) is 64.2. The van der Waals surface area contributed by atoms with Crippen molar-refractivity contribution in [2.75, 3.05) is 38.5 Å². The molecule has 2 aromatic heterocycles. The Kier molecular flexibility index (Phi) is 20.2. The molecule has 8 aromatic rings. The highest BCUT2D eigenvalue weighted by Crippen LogP contribution is 2.51. The van der Waals surface area contributed by atoms with E-state index in [9.17, 15) is 30.1 Å². The normalized spacial score (nSPS) is 21.3. The Bertz CT molecular complexity index is 3770. The Morgan fingerprint density at radius 2 is 1.08 bits per heavy atom. The average molecular weight is 1200 g/mol. The number of azide groups is 2. The SMILES string of the molecule is C.CC(C)C(=O)OC[C@@]1(N=[N+]=[N-])O[C@@H](n2ccc(N)nc2=O)[C@@H](C)[C@@H]1O.COc1ccc(C(Nc2ccn([C@@H]3O[C@@](CO)(N=[N+]=[N-])[C@@H](OC(c4ccccc4)(c4ccccc4)c4ccc(OC)cc4)[C@@H]3C)c(=O)n2)(c2ccccc2)c2ccccc2)cc1. The van der Waals surface area contributed by atoms with Gasteiger partial charge in [0.1, 0.15) is 59.4 Å². The zero-order valence-corrected chi connectivity index (χ0v) is 48.5. The van der Waals surface area contributed by atoms with Gasteiger partial charge in [-0.1, -0.05) is 191 Å². The summed E-state index contributed by atoms with van der Waals surface area (Å²) in [4.78, 5) is 52.2. The molecule has 8 atom stereocenters. The Hall–Kier alpha value is -9.83. The molecule has 0 spiro atoms. The number of nitrogens with zero attached hydrogens (tertiary/aromatic N) is 10. The predicted molar refractivity (Wildman–Crippen MR) is 329 cm³/mol. The van der Waals surface area contributed by atoms with E-state index in [0.717, 1.165) is 37.9 Å². The van der Waals surface area contributed by atoms with E-state index >= 15 is 0 Å². The highest BCUT2D eigenvalue weighted by Gasteiger charge is 2.59. The van der Waals surface area contributed by atoms with Gasteiger partial charge in [0.15, 0.2) is 5.72 Å². The zero-order chi connectivity index (χ0) is 61.9. The first-order valence-corrected chi connectivity index (χ1v) is 27.9. The number of anilines is 2. The molecule has 456 valence electrons. The fourth-order valence-electron chi connectivity index (χ4n) is 11.2. The number of carbonyl (C=O) groups excluding carboxylic acids is 1. The van der Waals surface area contributed by atoms with Crippen LogP contribution in [0.1, 0.15) is 81.0 Å². The molecule has 23 heteroatoms. The second kappa shape index (κ2) is 27.7. The second-order valence-corrected chi connectivity index (χ2v) is 21.2. The Morgan fingerprint density at radius 3 is 1.53 bits per heavy atom. The number of aliphatic hydroxyl groups excluding tert-OH is 2. The van der Waals surface area contributed by atoms with Crippen LogP contribution in [0.25, 0.3) is 20.9 Å². The number of benzene rings is 6. The summed E-state index contributed by atoms with van der Waals surface area (Å²) in [6.07, 6.45) is -1.51. The van der Waals surface area contributed by atoms with Crippen LogP contribution in [-0.2, 0) is 34.9 Å². The molecule has 5 N–H and O–H groups in total. The number of esters is 1. The molecule has 0 aliphatic carbocycles. The van der Waals surface area contributed by atoms with E-state index in [1.54, 1.807) is 47.3 Å². The molecule has 4 heterocycles. The van der Waals surface area contributed by atoms with Crippen LogP contribution in [0.15, 0.2) is 214 Å². The summed E-state index contributed by atoms with van der Waals surface area (Å²) < 4.78 is 38.2. The van der Waals surface area contributed by atoms with E-state index in [-0.39, 0.29) is 13.2 Å². The van der Waals surface area contributed by atoms with Crippen molar-refractivity contribution in [1.82, 2.24) is 19.1 Å². The molecule has 0 bridgehead atoms. The van der Waals surface area contributed by atoms with Gasteiger partial charge in [-0.15, -0.1) is 0 Å². The van der Waals surface area contributed by atoms with Crippen LogP contribution in [0.4, 0.5) is 11.6 Å². The topological polar surface area (TPSA) is 318 Å². The number of nitrogens with one attached hydrogen (secondary N) is 1. The van der Waals surface area contributed by atoms with Gasteiger partial charge < -0.3 is 49.7 Å². The van der Waals surface area contributed by atoms with Crippen LogP contribution < -0.4 is 31.9 Å². The van der Waals surface area contributed by atoms with Crippen molar-refractivity contribution in [2.24, 2.45) is 28.0 Å². The average Bonchev–Trinajstić information content (AvgIpc) is 1.34. The molecule has 2 aliphatic rings. The largest absolute Gasteiger partial charge is 0.497 e. The molecule has 0 radical (unpaired) electrons. The summed E-state index contributed by atoms with van der Waals surface area (Å²) in [7, 11) is 3.22. The summed E-state index contributed by atoms with van der Waals surface area (Å²) in [6, 6.07) is 57.7. The van der Waals surface area contributed by atoms with Crippen LogP contribution in [0, 0.1) is 17.8 Å². The molecule has 23 nitrogen and oxygen atoms in total. The molecule has 0 amide bonds. The lowest BCUT2D eigenvalue weighted by Crippen LogP contribution is -2.49. The molecule has 6 aromatic carbocycles. The molecule has 0 unspecified atom stereocenters. The molecular formula is C65H70N12O11. The first-order chi connectivity index (χ1) is 42.0. The van der Waals surface area contributed by atoms with Crippen molar-refractivity contribution < 1.29 is 43.4 Å². The van der Waals surface area contributed by atoms with E-state index in [1.807, 2.05) is 177 Å². The highest BCUT2D eigenvalue weighted by molar-refractivity contribution is 5.71. The number of aromatic nitrogens is 4. The second-order valence-electron chi connectivity index (χ2n) is 21.2. The summed E-state index contributed by atoms with van der Waals surface area (Å²) in [6.45, 7) is 5.50. The molecule has 2 saturated heterocycles. The Labute approximate surface area is 508 Å². The minimum absolute atomic E-state index is 0. The number of nitrogen functional groups attached to an aromatic ring is 1. The standard InChI is InChI=1S/C50H46N6O6.C14H20N6O5.CH4/c1-35-45(61-50(39-20-12-6-13-21-39,40-22-14-7-15-23-40)41-26-30-43(60-3)31-27-41)48(34-57,54-55-51)62-46(35)56-33-32-44(52-47(56)58)53-49(36-16-8-4-9-17-36,37-18-10-5-11-19-37)38-24-28-42(59-2)29-25-38;1-7(2)12(22)24-6-14(18-19-16)10(21)8(3)11(25-14)20-5-4-9(15)17-13(20)23;/h4-33,35,45-46,57H,34H2,1-3H3,(H,52,53,58);4-5,7-8,10-11,21H,6H2,1-3H3,(H2,15,17,23);1H4/t35-,45-,46+,48+;8-,10-,11+,14+;/m00./s1. The molecule has 88 heavy (non-hydrogen) atoms. The number of hydrogen-bond donors (Lipinski definition) is 4. The fourth-order valence-corrected chi connectivity index (χ4v) is 11.2. The van der Waals surface area contributed by atoms with Crippen molar-refractivity contribution in [3.63, 3.8) is 0 Å². The summed E-state index contributed by atoms with van der Waals surface area (Å²) in [5, 5.41) is 32.9. The number of aliphatic hydroxyl groups is 2. The van der Waals surface area contributed by atoms with Crippen LogP contribution in [-0.4, -0.2) is 86.4 Å². The van der Waals surface area contributed by atoms with Gasteiger partial charge in [-0.2, -0.15) is 9.97 Å². The highest BCUT2D eigenvalue weighted by atomic mass is 16.6. The van der Waals surface area contributed by atoms with Gasteiger partial charge in [-0.3, -0.25) is 13.9 Å².